The monoisotopic (exact) mass is 393 g/mol. The van der Waals surface area contributed by atoms with Gasteiger partial charge in [0.15, 0.2) is 0 Å². The lowest BCUT2D eigenvalue weighted by atomic mass is 9.67. The lowest BCUT2D eigenvalue weighted by Gasteiger charge is -2.52. The number of benzene rings is 1. The van der Waals surface area contributed by atoms with Gasteiger partial charge < -0.3 is 14.8 Å². The Morgan fingerprint density at radius 3 is 2.42 bits per heavy atom. The Morgan fingerprint density at radius 1 is 1.12 bits per heavy atom. The first-order valence-corrected chi connectivity index (χ1v) is 11.4. The highest BCUT2D eigenvalue weighted by atomic mass is 32.2. The summed E-state index contributed by atoms with van der Waals surface area (Å²) in [7, 11) is 3.25. The minimum Gasteiger partial charge on any atom is -0.497 e. The Hall–Kier alpha value is -1.01. The molecular formula is C20H27NO3S2. The number of hydrogen-bond donors (Lipinski definition) is 1. The molecule has 3 fully saturated rings. The maximum absolute atomic E-state index is 13.0. The fourth-order valence-corrected chi connectivity index (χ4v) is 8.90. The summed E-state index contributed by atoms with van der Waals surface area (Å²) in [5.74, 6) is 5.55. The van der Waals surface area contributed by atoms with Crippen LogP contribution < -0.4 is 14.8 Å². The van der Waals surface area contributed by atoms with E-state index in [0.717, 1.165) is 24.3 Å². The van der Waals surface area contributed by atoms with Crippen LogP contribution in [-0.4, -0.2) is 35.7 Å². The molecule has 3 atom stereocenters. The van der Waals surface area contributed by atoms with E-state index in [9.17, 15) is 4.79 Å². The molecule has 6 heteroatoms. The van der Waals surface area contributed by atoms with Gasteiger partial charge in [0.05, 0.1) is 24.0 Å². The summed E-state index contributed by atoms with van der Waals surface area (Å²) >= 11 is 4.37. The smallest absolute Gasteiger partial charge is 0.227 e. The van der Waals surface area contributed by atoms with Crippen molar-refractivity contribution in [3.8, 4) is 11.5 Å². The molecule has 2 bridgehead atoms. The van der Waals surface area contributed by atoms with Crippen molar-refractivity contribution in [2.45, 2.75) is 36.2 Å². The molecule has 1 aromatic carbocycles. The molecule has 26 heavy (non-hydrogen) atoms. The number of carbonyl (C=O) groups is 1. The van der Waals surface area contributed by atoms with E-state index in [2.05, 4.69) is 28.8 Å². The Kier molecular flexibility index (Phi) is 5.33. The van der Waals surface area contributed by atoms with E-state index >= 15 is 0 Å². The zero-order valence-corrected chi connectivity index (χ0v) is 17.1. The number of methoxy groups -OCH3 is 2. The predicted octanol–water partition coefficient (Wildman–Crippen LogP) is 4.64. The van der Waals surface area contributed by atoms with E-state index in [-0.39, 0.29) is 11.8 Å². The molecular weight excluding hydrogens is 366 g/mol. The largest absolute Gasteiger partial charge is 0.497 e. The first kappa shape index (κ1) is 18.4. The number of carbonyl (C=O) groups excluding carboxylic acids is 1. The summed E-state index contributed by atoms with van der Waals surface area (Å²) in [6.45, 7) is 0. The molecule has 2 aliphatic carbocycles. The summed E-state index contributed by atoms with van der Waals surface area (Å²) < 4.78 is 11.1. The van der Waals surface area contributed by atoms with Gasteiger partial charge >= 0.3 is 0 Å². The lowest BCUT2D eigenvalue weighted by Crippen LogP contribution is -2.48. The summed E-state index contributed by atoms with van der Waals surface area (Å²) in [4.78, 5) is 13.0. The molecule has 2 saturated carbocycles. The Labute approximate surface area is 164 Å². The van der Waals surface area contributed by atoms with Crippen LogP contribution in [0.1, 0.15) is 32.1 Å². The molecule has 0 radical (unpaired) electrons. The molecule has 4 rings (SSSR count). The third-order valence-corrected chi connectivity index (χ3v) is 10.2. The van der Waals surface area contributed by atoms with E-state index in [1.54, 1.807) is 14.2 Å². The quantitative estimate of drug-likeness (QED) is 0.807. The fraction of sp³-hybridized carbons (Fsp3) is 0.650. The van der Waals surface area contributed by atoms with Gasteiger partial charge in [-0.2, -0.15) is 0 Å². The average Bonchev–Trinajstić information content (AvgIpc) is 3.11. The maximum atomic E-state index is 13.0. The van der Waals surface area contributed by atoms with E-state index in [4.69, 9.17) is 9.47 Å². The van der Waals surface area contributed by atoms with E-state index in [0.29, 0.717) is 21.7 Å². The Bertz CT molecular complexity index is 659. The Morgan fingerprint density at radius 2 is 1.81 bits per heavy atom. The van der Waals surface area contributed by atoms with E-state index in [1.807, 2.05) is 18.2 Å². The molecule has 1 spiro atoms. The van der Waals surface area contributed by atoms with Gasteiger partial charge in [0.1, 0.15) is 11.5 Å². The zero-order valence-electron chi connectivity index (χ0n) is 15.5. The molecule has 1 saturated heterocycles. The molecule has 1 N–H and O–H groups in total. The first-order chi connectivity index (χ1) is 12.7. The van der Waals surface area contributed by atoms with Crippen LogP contribution in [0.2, 0.25) is 0 Å². The number of hydrogen-bond acceptors (Lipinski definition) is 5. The van der Waals surface area contributed by atoms with Crippen molar-refractivity contribution in [1.82, 2.24) is 0 Å². The second-order valence-corrected chi connectivity index (χ2v) is 10.5. The van der Waals surface area contributed by atoms with E-state index in [1.165, 1.54) is 30.8 Å². The maximum Gasteiger partial charge on any atom is 0.227 e. The molecule has 4 nitrogen and oxygen atoms in total. The third kappa shape index (κ3) is 3.19. The Balaban J connectivity index is 1.48. The fourth-order valence-electron chi connectivity index (χ4n) is 4.96. The van der Waals surface area contributed by atoms with Gasteiger partial charge in [0, 0.05) is 23.5 Å². The van der Waals surface area contributed by atoms with Crippen LogP contribution in [0.5, 0.6) is 11.5 Å². The van der Waals surface area contributed by atoms with Crippen molar-refractivity contribution in [1.29, 1.82) is 0 Å². The van der Waals surface area contributed by atoms with Crippen molar-refractivity contribution in [3.63, 3.8) is 0 Å². The summed E-state index contributed by atoms with van der Waals surface area (Å²) in [5.41, 5.74) is 0.730. The second-order valence-electron chi connectivity index (χ2n) is 7.47. The molecule has 1 heterocycles. The summed E-state index contributed by atoms with van der Waals surface area (Å²) in [6, 6.07) is 5.53. The van der Waals surface area contributed by atoms with Crippen LogP contribution in [0.15, 0.2) is 18.2 Å². The minimum atomic E-state index is 0.115. The topological polar surface area (TPSA) is 47.6 Å². The van der Waals surface area contributed by atoms with Crippen LogP contribution in [0.25, 0.3) is 0 Å². The first-order valence-electron chi connectivity index (χ1n) is 9.47. The van der Waals surface area contributed by atoms with Gasteiger partial charge in [0.2, 0.25) is 5.91 Å². The van der Waals surface area contributed by atoms with Crippen molar-refractivity contribution in [3.05, 3.63) is 18.2 Å². The van der Waals surface area contributed by atoms with Crippen molar-refractivity contribution < 1.29 is 14.3 Å². The molecule has 3 aliphatic rings. The normalized spacial score (nSPS) is 29.4. The van der Waals surface area contributed by atoms with Crippen molar-refractivity contribution in [2.24, 2.45) is 17.8 Å². The number of thioether (sulfide) groups is 2. The van der Waals surface area contributed by atoms with Gasteiger partial charge in [-0.25, -0.2) is 0 Å². The van der Waals surface area contributed by atoms with Crippen LogP contribution >= 0.6 is 23.5 Å². The zero-order chi connectivity index (χ0) is 18.1. The highest BCUT2D eigenvalue weighted by Gasteiger charge is 2.55. The number of amides is 1. The summed E-state index contributed by atoms with van der Waals surface area (Å²) in [6.07, 6.45) is 5.96. The van der Waals surface area contributed by atoms with Gasteiger partial charge in [-0.3, -0.25) is 4.79 Å². The molecule has 1 aromatic rings. The molecule has 1 aliphatic heterocycles. The van der Waals surface area contributed by atoms with Crippen LogP contribution in [0.3, 0.4) is 0 Å². The van der Waals surface area contributed by atoms with Crippen LogP contribution in [0, 0.1) is 17.8 Å². The third-order valence-electron chi connectivity index (χ3n) is 6.16. The van der Waals surface area contributed by atoms with Crippen LogP contribution in [0.4, 0.5) is 5.69 Å². The minimum absolute atomic E-state index is 0.115. The highest BCUT2D eigenvalue weighted by Crippen LogP contribution is 2.64. The average molecular weight is 394 g/mol. The summed E-state index contributed by atoms with van der Waals surface area (Å²) in [5, 5.41) is 3.12. The van der Waals surface area contributed by atoms with Gasteiger partial charge in [-0.05, 0) is 49.7 Å². The van der Waals surface area contributed by atoms with Crippen LogP contribution in [-0.2, 0) is 4.79 Å². The van der Waals surface area contributed by atoms with Gasteiger partial charge in [-0.15, -0.1) is 23.5 Å². The number of ether oxygens (including phenoxy) is 2. The molecule has 1 unspecified atom stereocenters. The lowest BCUT2D eigenvalue weighted by molar-refractivity contribution is -0.122. The molecule has 1 amide bonds. The number of anilines is 1. The number of nitrogens with one attached hydrogen (secondary N) is 1. The second kappa shape index (κ2) is 7.55. The highest BCUT2D eigenvalue weighted by molar-refractivity contribution is 8.21. The standard InChI is InChI=1S/C20H27NO3S2/c1-23-16-6-7-17(18(12-16)24-2)21-19(22)13-10-14-4-3-5-15(11-13)20(14)25-8-9-26-20/h6-7,12-15H,3-5,8-11H2,1-2H3,(H,21,22)/t13?,14-,15+. The SMILES string of the molecule is COc1ccc(NC(=O)C2C[C@H]3CCC[C@@H](C2)C32SCCS2)c(OC)c1. The van der Waals surface area contributed by atoms with Gasteiger partial charge in [0.25, 0.3) is 0 Å². The van der Waals surface area contributed by atoms with Gasteiger partial charge in [-0.1, -0.05) is 6.42 Å². The molecule has 0 aromatic heterocycles. The molecule has 142 valence electrons. The predicted molar refractivity (Wildman–Crippen MR) is 109 cm³/mol. The van der Waals surface area contributed by atoms with Crippen molar-refractivity contribution >= 4 is 35.1 Å². The van der Waals surface area contributed by atoms with E-state index < -0.39 is 0 Å². The number of rotatable bonds is 4. The van der Waals surface area contributed by atoms with Crippen molar-refractivity contribution in [2.75, 3.05) is 31.0 Å².